The van der Waals surface area contributed by atoms with Gasteiger partial charge >= 0.3 is 0 Å². The zero-order valence-corrected chi connectivity index (χ0v) is 10.0. The highest BCUT2D eigenvalue weighted by Gasteiger charge is 2.04. The number of rotatable bonds is 2. The molecule has 4 heteroatoms. The van der Waals surface area contributed by atoms with Crippen LogP contribution in [0.1, 0.15) is 11.1 Å². The number of benzene rings is 1. The quantitative estimate of drug-likeness (QED) is 0.907. The first-order chi connectivity index (χ1) is 7.16. The fraction of sp³-hybridized carbons (Fsp3) is 0.182. The van der Waals surface area contributed by atoms with E-state index in [1.807, 2.05) is 6.07 Å². The predicted molar refractivity (Wildman–Crippen MR) is 64.6 cm³/mol. The molecule has 15 heavy (non-hydrogen) atoms. The third-order valence-corrected chi connectivity index (χ3v) is 2.86. The van der Waals surface area contributed by atoms with Gasteiger partial charge in [0, 0.05) is 0 Å². The second-order valence-corrected chi connectivity index (χ2v) is 4.38. The van der Waals surface area contributed by atoms with E-state index >= 15 is 0 Å². The van der Waals surface area contributed by atoms with Gasteiger partial charge in [-0.25, -0.2) is 4.68 Å². The lowest BCUT2D eigenvalue weighted by Gasteiger charge is -2.05. The Balaban J connectivity index is 2.26. The molecular formula is C11H12BrN3. The molecule has 0 saturated carbocycles. The molecule has 0 unspecified atom stereocenters. The Morgan fingerprint density at radius 1 is 1.47 bits per heavy atom. The van der Waals surface area contributed by atoms with Crippen LogP contribution in [0.15, 0.2) is 34.9 Å². The van der Waals surface area contributed by atoms with E-state index in [0.29, 0.717) is 12.4 Å². The molecule has 1 heterocycles. The van der Waals surface area contributed by atoms with E-state index in [1.165, 1.54) is 11.1 Å². The molecule has 1 aromatic heterocycles. The summed E-state index contributed by atoms with van der Waals surface area (Å²) in [5.41, 5.74) is 8.30. The summed E-state index contributed by atoms with van der Waals surface area (Å²) in [4.78, 5) is 0. The van der Waals surface area contributed by atoms with Crippen molar-refractivity contribution < 1.29 is 0 Å². The molecule has 78 valence electrons. The minimum absolute atomic E-state index is 0.663. The maximum atomic E-state index is 5.84. The van der Waals surface area contributed by atoms with Crippen molar-refractivity contribution in [1.82, 2.24) is 9.78 Å². The highest BCUT2D eigenvalue weighted by molar-refractivity contribution is 9.10. The molecule has 0 fully saturated rings. The van der Waals surface area contributed by atoms with Crippen LogP contribution in [-0.2, 0) is 6.54 Å². The number of nitrogens with zero attached hydrogens (tertiary/aromatic N) is 2. The van der Waals surface area contributed by atoms with E-state index in [2.05, 4.69) is 46.2 Å². The summed E-state index contributed by atoms with van der Waals surface area (Å²) in [5.74, 6) is 0.663. The number of aromatic nitrogens is 2. The predicted octanol–water partition coefficient (Wildman–Crippen LogP) is 2.58. The monoisotopic (exact) mass is 265 g/mol. The Hall–Kier alpha value is -1.29. The number of nitrogens with two attached hydrogens (primary N) is 1. The normalized spacial score (nSPS) is 10.5. The van der Waals surface area contributed by atoms with Crippen LogP contribution >= 0.6 is 15.9 Å². The molecule has 0 aliphatic rings. The van der Waals surface area contributed by atoms with Gasteiger partial charge in [-0.3, -0.25) is 0 Å². The van der Waals surface area contributed by atoms with Crippen LogP contribution in [0, 0.1) is 6.92 Å². The summed E-state index contributed by atoms with van der Waals surface area (Å²) in [7, 11) is 0. The summed E-state index contributed by atoms with van der Waals surface area (Å²) in [6, 6.07) is 8.32. The molecule has 2 N–H and O–H groups in total. The number of nitrogen functional groups attached to an aromatic ring is 1. The van der Waals surface area contributed by atoms with Crippen molar-refractivity contribution in [2.75, 3.05) is 5.73 Å². The number of halogens is 1. The second-order valence-electron chi connectivity index (χ2n) is 3.52. The molecule has 0 saturated heterocycles. The van der Waals surface area contributed by atoms with Crippen LogP contribution < -0.4 is 5.73 Å². The Labute approximate surface area is 97.0 Å². The Morgan fingerprint density at radius 3 is 2.87 bits per heavy atom. The van der Waals surface area contributed by atoms with Crippen molar-refractivity contribution in [2.45, 2.75) is 13.5 Å². The lowest BCUT2D eigenvalue weighted by atomic mass is 10.1. The average Bonchev–Trinajstić information content (AvgIpc) is 2.50. The highest BCUT2D eigenvalue weighted by atomic mass is 79.9. The molecule has 0 bridgehead atoms. The minimum atomic E-state index is 0.663. The summed E-state index contributed by atoms with van der Waals surface area (Å²) in [5, 5.41) is 4.19. The van der Waals surface area contributed by atoms with Gasteiger partial charge in [0.15, 0.2) is 0 Å². The van der Waals surface area contributed by atoms with E-state index in [0.717, 1.165) is 4.47 Å². The van der Waals surface area contributed by atoms with Crippen LogP contribution in [0.2, 0.25) is 0 Å². The SMILES string of the molecule is Cc1cccc(Cn2ncc(Br)c2N)c1. The molecule has 1 aromatic carbocycles. The van der Waals surface area contributed by atoms with Crippen molar-refractivity contribution >= 4 is 21.7 Å². The molecule has 2 aromatic rings. The molecule has 0 aliphatic carbocycles. The van der Waals surface area contributed by atoms with Gasteiger partial charge in [-0.1, -0.05) is 29.8 Å². The van der Waals surface area contributed by atoms with Crippen molar-refractivity contribution in [3.05, 3.63) is 46.1 Å². The van der Waals surface area contributed by atoms with Crippen LogP contribution in [0.3, 0.4) is 0 Å². The van der Waals surface area contributed by atoms with Crippen LogP contribution in [0.4, 0.5) is 5.82 Å². The standard InChI is InChI=1S/C11H12BrN3/c1-8-3-2-4-9(5-8)7-15-11(13)10(12)6-14-15/h2-6H,7,13H2,1H3. The third kappa shape index (κ3) is 2.21. The average molecular weight is 266 g/mol. The van der Waals surface area contributed by atoms with Gasteiger partial charge in [-0.05, 0) is 28.4 Å². The minimum Gasteiger partial charge on any atom is -0.383 e. The summed E-state index contributed by atoms with van der Waals surface area (Å²) < 4.78 is 2.62. The van der Waals surface area contributed by atoms with Crippen molar-refractivity contribution in [3.8, 4) is 0 Å². The van der Waals surface area contributed by atoms with Crippen molar-refractivity contribution in [3.63, 3.8) is 0 Å². The lowest BCUT2D eigenvalue weighted by molar-refractivity contribution is 0.696. The first-order valence-corrected chi connectivity index (χ1v) is 5.48. The maximum Gasteiger partial charge on any atom is 0.136 e. The van der Waals surface area contributed by atoms with Gasteiger partial charge in [-0.15, -0.1) is 0 Å². The number of aryl methyl sites for hydroxylation is 1. The van der Waals surface area contributed by atoms with E-state index in [9.17, 15) is 0 Å². The summed E-state index contributed by atoms with van der Waals surface area (Å²) in [6.07, 6.45) is 1.71. The Morgan fingerprint density at radius 2 is 2.27 bits per heavy atom. The zero-order chi connectivity index (χ0) is 10.8. The van der Waals surface area contributed by atoms with Gasteiger partial charge in [0.05, 0.1) is 17.2 Å². The zero-order valence-electron chi connectivity index (χ0n) is 8.44. The van der Waals surface area contributed by atoms with E-state index in [-0.39, 0.29) is 0 Å². The lowest BCUT2D eigenvalue weighted by Crippen LogP contribution is -2.05. The molecule has 3 nitrogen and oxygen atoms in total. The molecule has 0 aliphatic heterocycles. The van der Waals surface area contributed by atoms with Gasteiger partial charge in [0.2, 0.25) is 0 Å². The smallest absolute Gasteiger partial charge is 0.136 e. The fourth-order valence-corrected chi connectivity index (χ4v) is 1.78. The first-order valence-electron chi connectivity index (χ1n) is 4.69. The fourth-order valence-electron chi connectivity index (χ4n) is 1.48. The number of hydrogen-bond donors (Lipinski definition) is 1. The molecule has 0 radical (unpaired) electrons. The highest BCUT2D eigenvalue weighted by Crippen LogP contribution is 2.19. The van der Waals surface area contributed by atoms with Crippen molar-refractivity contribution in [1.29, 1.82) is 0 Å². The van der Waals surface area contributed by atoms with Crippen molar-refractivity contribution in [2.24, 2.45) is 0 Å². The van der Waals surface area contributed by atoms with Crippen LogP contribution in [0.5, 0.6) is 0 Å². The second kappa shape index (κ2) is 4.06. The molecule has 0 spiro atoms. The van der Waals surface area contributed by atoms with Gasteiger partial charge < -0.3 is 5.73 Å². The summed E-state index contributed by atoms with van der Waals surface area (Å²) in [6.45, 7) is 2.78. The summed E-state index contributed by atoms with van der Waals surface area (Å²) >= 11 is 3.34. The van der Waals surface area contributed by atoms with Gasteiger partial charge in [0.1, 0.15) is 5.82 Å². The van der Waals surface area contributed by atoms with Crippen LogP contribution in [0.25, 0.3) is 0 Å². The molecule has 0 atom stereocenters. The molecule has 2 rings (SSSR count). The maximum absolute atomic E-state index is 5.84. The number of anilines is 1. The number of hydrogen-bond acceptors (Lipinski definition) is 2. The molecule has 0 amide bonds. The van der Waals surface area contributed by atoms with Crippen LogP contribution in [-0.4, -0.2) is 9.78 Å². The Kier molecular flexibility index (Phi) is 2.77. The van der Waals surface area contributed by atoms with Gasteiger partial charge in [0.25, 0.3) is 0 Å². The Bertz CT molecular complexity index is 476. The van der Waals surface area contributed by atoms with E-state index < -0.39 is 0 Å². The third-order valence-electron chi connectivity index (χ3n) is 2.25. The topological polar surface area (TPSA) is 43.8 Å². The molecular weight excluding hydrogens is 254 g/mol. The first kappa shape index (κ1) is 10.2. The largest absolute Gasteiger partial charge is 0.383 e. The van der Waals surface area contributed by atoms with E-state index in [4.69, 9.17) is 5.73 Å². The van der Waals surface area contributed by atoms with Gasteiger partial charge in [-0.2, -0.15) is 5.10 Å². The van der Waals surface area contributed by atoms with E-state index in [1.54, 1.807) is 10.9 Å².